The molecule has 1 fully saturated rings. The second kappa shape index (κ2) is 7.04. The number of carbonyl (C=O) groups is 1. The van der Waals surface area contributed by atoms with Crippen LogP contribution in [0.15, 0.2) is 49.1 Å². The number of hydrogen-bond acceptors (Lipinski definition) is 6. The quantitative estimate of drug-likeness (QED) is 0.720. The number of likely N-dealkylation sites (tertiary alicyclic amines) is 1. The van der Waals surface area contributed by atoms with E-state index in [-0.39, 0.29) is 17.5 Å². The van der Waals surface area contributed by atoms with Crippen molar-refractivity contribution < 1.29 is 4.79 Å². The van der Waals surface area contributed by atoms with Crippen molar-refractivity contribution in [2.75, 3.05) is 13.1 Å². The Hall–Kier alpha value is -3.57. The van der Waals surface area contributed by atoms with Gasteiger partial charge in [-0.1, -0.05) is 12.1 Å². The SMILES string of the molecule is Cc1cc(C(=O)NC2CC3(CN(Cc4ccc(C#N)cc4)C3)n3ccnc32)ncn1. The predicted molar refractivity (Wildman–Crippen MR) is 108 cm³/mol. The number of imidazole rings is 1. The van der Waals surface area contributed by atoms with Gasteiger partial charge in [0.1, 0.15) is 17.8 Å². The summed E-state index contributed by atoms with van der Waals surface area (Å²) in [5.74, 6) is 0.693. The number of hydrogen-bond donors (Lipinski definition) is 1. The van der Waals surface area contributed by atoms with Crippen molar-refractivity contribution in [1.29, 1.82) is 5.26 Å². The molecule has 1 aromatic carbocycles. The smallest absolute Gasteiger partial charge is 0.270 e. The van der Waals surface area contributed by atoms with Crippen molar-refractivity contribution in [3.63, 3.8) is 0 Å². The van der Waals surface area contributed by atoms with E-state index in [2.05, 4.69) is 35.8 Å². The molecule has 0 bridgehead atoms. The number of benzene rings is 1. The van der Waals surface area contributed by atoms with E-state index in [1.54, 1.807) is 12.3 Å². The van der Waals surface area contributed by atoms with Gasteiger partial charge in [0.25, 0.3) is 5.91 Å². The molecular weight excluding hydrogens is 378 g/mol. The summed E-state index contributed by atoms with van der Waals surface area (Å²) in [7, 11) is 0. The first-order valence-corrected chi connectivity index (χ1v) is 9.91. The minimum atomic E-state index is -0.203. The van der Waals surface area contributed by atoms with Gasteiger partial charge >= 0.3 is 0 Å². The van der Waals surface area contributed by atoms with E-state index in [0.29, 0.717) is 11.3 Å². The maximum Gasteiger partial charge on any atom is 0.270 e. The van der Waals surface area contributed by atoms with Gasteiger partial charge in [-0.2, -0.15) is 5.26 Å². The maximum atomic E-state index is 12.7. The lowest BCUT2D eigenvalue weighted by Gasteiger charge is -2.49. The van der Waals surface area contributed by atoms with Crippen molar-refractivity contribution in [2.24, 2.45) is 0 Å². The first-order valence-electron chi connectivity index (χ1n) is 9.91. The fraction of sp³-hybridized carbons (Fsp3) is 0.318. The first kappa shape index (κ1) is 18.5. The molecule has 1 spiro atoms. The average molecular weight is 399 g/mol. The molecule has 30 heavy (non-hydrogen) atoms. The number of rotatable bonds is 4. The highest BCUT2D eigenvalue weighted by Crippen LogP contribution is 2.44. The summed E-state index contributed by atoms with van der Waals surface area (Å²) < 4.78 is 2.22. The molecule has 4 heterocycles. The topological polar surface area (TPSA) is 99.7 Å². The zero-order chi connectivity index (χ0) is 20.7. The van der Waals surface area contributed by atoms with Crippen molar-refractivity contribution in [2.45, 2.75) is 31.5 Å². The molecule has 3 aromatic rings. The Labute approximate surface area is 174 Å². The van der Waals surface area contributed by atoms with Crippen molar-refractivity contribution in [3.8, 4) is 6.07 Å². The van der Waals surface area contributed by atoms with Crippen LogP contribution in [0.3, 0.4) is 0 Å². The Bertz CT molecular complexity index is 1140. The molecule has 2 aliphatic rings. The number of nitrogens with zero attached hydrogens (tertiary/aromatic N) is 6. The molecule has 5 rings (SSSR count). The summed E-state index contributed by atoms with van der Waals surface area (Å²) in [6.07, 6.45) is 6.03. The number of nitriles is 1. The summed E-state index contributed by atoms with van der Waals surface area (Å²) in [6, 6.07) is 11.4. The molecule has 2 aromatic heterocycles. The largest absolute Gasteiger partial charge is 0.341 e. The van der Waals surface area contributed by atoms with E-state index in [0.717, 1.165) is 37.6 Å². The second-order valence-corrected chi connectivity index (χ2v) is 8.11. The third kappa shape index (κ3) is 3.13. The van der Waals surface area contributed by atoms with Crippen LogP contribution < -0.4 is 5.32 Å². The molecule has 1 amide bonds. The van der Waals surface area contributed by atoms with Gasteiger partial charge in [0.05, 0.1) is 23.2 Å². The van der Waals surface area contributed by atoms with Crippen LogP contribution in [0.5, 0.6) is 0 Å². The normalized spacial score (nSPS) is 19.1. The number of aromatic nitrogens is 4. The molecule has 1 atom stereocenters. The van der Waals surface area contributed by atoms with Gasteiger partial charge < -0.3 is 9.88 Å². The van der Waals surface area contributed by atoms with Crippen LogP contribution in [-0.2, 0) is 12.1 Å². The number of fused-ring (bicyclic) bond motifs is 2. The zero-order valence-electron chi connectivity index (χ0n) is 16.6. The fourth-order valence-corrected chi connectivity index (χ4v) is 4.59. The minimum Gasteiger partial charge on any atom is -0.341 e. The van der Waals surface area contributed by atoms with Crippen molar-refractivity contribution in [3.05, 3.63) is 77.4 Å². The standard InChI is InChI=1S/C22H21N7O/c1-15-8-18(26-14-25-15)21(30)27-19-9-22(29-7-6-24-20(19)29)12-28(13-22)11-17-4-2-16(10-23)3-5-17/h2-8,14,19H,9,11-13H2,1H3,(H,27,30). The summed E-state index contributed by atoms with van der Waals surface area (Å²) in [5, 5.41) is 12.1. The Morgan fingerprint density at radius 3 is 2.80 bits per heavy atom. The molecule has 0 radical (unpaired) electrons. The molecule has 1 saturated heterocycles. The van der Waals surface area contributed by atoms with Gasteiger partial charge in [0, 0.05) is 44.1 Å². The Morgan fingerprint density at radius 2 is 2.07 bits per heavy atom. The number of carbonyl (C=O) groups excluding carboxylic acids is 1. The highest BCUT2D eigenvalue weighted by molar-refractivity contribution is 5.92. The Balaban J connectivity index is 1.27. The van der Waals surface area contributed by atoms with E-state index >= 15 is 0 Å². The summed E-state index contributed by atoms with van der Waals surface area (Å²) in [6.45, 7) is 4.48. The van der Waals surface area contributed by atoms with Crippen LogP contribution in [0.1, 0.15) is 45.6 Å². The molecule has 2 aliphatic heterocycles. The van der Waals surface area contributed by atoms with Crippen LogP contribution in [0, 0.1) is 18.3 Å². The van der Waals surface area contributed by atoms with Gasteiger partial charge in [-0.05, 0) is 30.7 Å². The third-order valence-corrected chi connectivity index (χ3v) is 5.94. The molecule has 8 nitrogen and oxygen atoms in total. The van der Waals surface area contributed by atoms with Crippen LogP contribution in [-0.4, -0.2) is 43.4 Å². The molecule has 150 valence electrons. The lowest BCUT2D eigenvalue weighted by molar-refractivity contribution is 0.00751. The van der Waals surface area contributed by atoms with Crippen molar-refractivity contribution in [1.82, 2.24) is 29.7 Å². The molecule has 0 aliphatic carbocycles. The Kier molecular flexibility index (Phi) is 4.33. The first-order chi connectivity index (χ1) is 14.6. The van der Waals surface area contributed by atoms with Gasteiger partial charge in [0.2, 0.25) is 0 Å². The number of nitrogens with one attached hydrogen (secondary N) is 1. The van der Waals surface area contributed by atoms with E-state index in [1.165, 1.54) is 11.9 Å². The van der Waals surface area contributed by atoms with Crippen LogP contribution in [0.25, 0.3) is 0 Å². The lowest BCUT2D eigenvalue weighted by Crippen LogP contribution is -2.60. The monoisotopic (exact) mass is 399 g/mol. The summed E-state index contributed by atoms with van der Waals surface area (Å²) >= 11 is 0. The number of amides is 1. The Morgan fingerprint density at radius 1 is 1.27 bits per heavy atom. The highest BCUT2D eigenvalue weighted by Gasteiger charge is 2.52. The molecule has 1 unspecified atom stereocenters. The van der Waals surface area contributed by atoms with Gasteiger partial charge in [-0.3, -0.25) is 9.69 Å². The number of aryl methyl sites for hydroxylation is 1. The molecule has 8 heteroatoms. The predicted octanol–water partition coefficient (Wildman–Crippen LogP) is 1.94. The van der Waals surface area contributed by atoms with Crippen LogP contribution in [0.4, 0.5) is 0 Å². The van der Waals surface area contributed by atoms with E-state index in [1.807, 2.05) is 37.4 Å². The van der Waals surface area contributed by atoms with E-state index < -0.39 is 0 Å². The fourth-order valence-electron chi connectivity index (χ4n) is 4.59. The molecule has 0 saturated carbocycles. The van der Waals surface area contributed by atoms with Crippen LogP contribution >= 0.6 is 0 Å². The van der Waals surface area contributed by atoms with Gasteiger partial charge in [-0.25, -0.2) is 15.0 Å². The zero-order valence-corrected chi connectivity index (χ0v) is 16.6. The summed E-state index contributed by atoms with van der Waals surface area (Å²) in [5.41, 5.74) is 2.96. The second-order valence-electron chi connectivity index (χ2n) is 8.11. The lowest BCUT2D eigenvalue weighted by atomic mass is 9.85. The molecular formula is C22H21N7O. The third-order valence-electron chi connectivity index (χ3n) is 5.94. The van der Waals surface area contributed by atoms with Gasteiger partial charge in [0.15, 0.2) is 0 Å². The van der Waals surface area contributed by atoms with Crippen LogP contribution in [0.2, 0.25) is 0 Å². The van der Waals surface area contributed by atoms with E-state index in [9.17, 15) is 4.79 Å². The van der Waals surface area contributed by atoms with Gasteiger partial charge in [-0.15, -0.1) is 0 Å². The maximum absolute atomic E-state index is 12.7. The van der Waals surface area contributed by atoms with E-state index in [4.69, 9.17) is 5.26 Å². The molecule has 1 N–H and O–H groups in total. The average Bonchev–Trinajstić information content (AvgIpc) is 3.31. The van der Waals surface area contributed by atoms with Crippen molar-refractivity contribution >= 4 is 5.91 Å². The highest BCUT2D eigenvalue weighted by atomic mass is 16.2. The summed E-state index contributed by atoms with van der Waals surface area (Å²) in [4.78, 5) is 27.7. The minimum absolute atomic E-state index is 0.0437.